The molecule has 1 amide bonds. The molecule has 4 heteroatoms. The Kier molecular flexibility index (Phi) is 4.92. The predicted octanol–water partition coefficient (Wildman–Crippen LogP) is 1.25. The fraction of sp³-hybridized carbons (Fsp3) is 0.500. The molecule has 0 aliphatic carbocycles. The molecule has 88 valence electrons. The van der Waals surface area contributed by atoms with Crippen molar-refractivity contribution in [2.75, 3.05) is 6.54 Å². The molecule has 3 N–H and O–H groups in total. The maximum absolute atomic E-state index is 11.7. The van der Waals surface area contributed by atoms with Crippen LogP contribution in [0.25, 0.3) is 0 Å². The SMILES string of the molecule is CCCC(N)CNC(=O)c1ncccc1C. The van der Waals surface area contributed by atoms with Crippen LogP contribution in [-0.2, 0) is 0 Å². The van der Waals surface area contributed by atoms with E-state index in [1.807, 2.05) is 19.1 Å². The summed E-state index contributed by atoms with van der Waals surface area (Å²) in [5.41, 5.74) is 7.17. The first-order chi connectivity index (χ1) is 7.65. The Morgan fingerprint density at radius 2 is 2.38 bits per heavy atom. The maximum Gasteiger partial charge on any atom is 0.270 e. The van der Waals surface area contributed by atoms with E-state index >= 15 is 0 Å². The third kappa shape index (κ3) is 3.62. The van der Waals surface area contributed by atoms with Crippen LogP contribution in [0.4, 0.5) is 0 Å². The minimum atomic E-state index is -0.148. The Morgan fingerprint density at radius 3 is 3.00 bits per heavy atom. The number of amides is 1. The summed E-state index contributed by atoms with van der Waals surface area (Å²) in [6.07, 6.45) is 3.56. The van der Waals surface area contributed by atoms with E-state index in [2.05, 4.69) is 17.2 Å². The molecule has 0 aliphatic heterocycles. The van der Waals surface area contributed by atoms with Crippen LogP contribution in [-0.4, -0.2) is 23.5 Å². The summed E-state index contributed by atoms with van der Waals surface area (Å²) in [7, 11) is 0. The van der Waals surface area contributed by atoms with E-state index in [1.54, 1.807) is 6.20 Å². The van der Waals surface area contributed by atoms with Gasteiger partial charge in [0, 0.05) is 18.8 Å². The normalized spacial score (nSPS) is 12.2. The summed E-state index contributed by atoms with van der Waals surface area (Å²) in [4.78, 5) is 15.8. The number of carbonyl (C=O) groups excluding carboxylic acids is 1. The van der Waals surface area contributed by atoms with E-state index < -0.39 is 0 Å². The zero-order valence-corrected chi connectivity index (χ0v) is 9.86. The molecule has 0 saturated heterocycles. The van der Waals surface area contributed by atoms with Gasteiger partial charge in [-0.2, -0.15) is 0 Å². The molecule has 4 nitrogen and oxygen atoms in total. The lowest BCUT2D eigenvalue weighted by molar-refractivity contribution is 0.0945. The van der Waals surface area contributed by atoms with E-state index in [0.717, 1.165) is 18.4 Å². The molecule has 1 rings (SSSR count). The van der Waals surface area contributed by atoms with Gasteiger partial charge in [0.25, 0.3) is 5.91 Å². The molecule has 0 saturated carbocycles. The van der Waals surface area contributed by atoms with Crippen molar-refractivity contribution in [3.8, 4) is 0 Å². The Hall–Kier alpha value is -1.42. The van der Waals surface area contributed by atoms with Gasteiger partial charge in [-0.3, -0.25) is 9.78 Å². The molecule has 1 heterocycles. The molecule has 0 spiro atoms. The van der Waals surface area contributed by atoms with Crippen LogP contribution in [0.5, 0.6) is 0 Å². The van der Waals surface area contributed by atoms with Gasteiger partial charge in [-0.05, 0) is 25.0 Å². The van der Waals surface area contributed by atoms with E-state index in [0.29, 0.717) is 12.2 Å². The van der Waals surface area contributed by atoms with Gasteiger partial charge in [-0.1, -0.05) is 19.4 Å². The summed E-state index contributed by atoms with van der Waals surface area (Å²) in [5.74, 6) is -0.148. The van der Waals surface area contributed by atoms with Crippen molar-refractivity contribution in [1.82, 2.24) is 10.3 Å². The Balaban J connectivity index is 2.50. The lowest BCUT2D eigenvalue weighted by Gasteiger charge is -2.11. The first kappa shape index (κ1) is 12.6. The smallest absolute Gasteiger partial charge is 0.270 e. The first-order valence-electron chi connectivity index (χ1n) is 5.60. The molecule has 16 heavy (non-hydrogen) atoms. The average Bonchev–Trinajstić information content (AvgIpc) is 2.27. The molecule has 0 bridgehead atoms. The number of nitrogens with two attached hydrogens (primary N) is 1. The highest BCUT2D eigenvalue weighted by atomic mass is 16.1. The summed E-state index contributed by atoms with van der Waals surface area (Å²) in [6, 6.07) is 3.71. The van der Waals surface area contributed by atoms with E-state index in [4.69, 9.17) is 5.73 Å². The zero-order chi connectivity index (χ0) is 12.0. The van der Waals surface area contributed by atoms with Crippen LogP contribution in [0.3, 0.4) is 0 Å². The number of aryl methyl sites for hydroxylation is 1. The summed E-state index contributed by atoms with van der Waals surface area (Å²) < 4.78 is 0. The van der Waals surface area contributed by atoms with Gasteiger partial charge in [0.1, 0.15) is 5.69 Å². The standard InChI is InChI=1S/C12H19N3O/c1-3-5-10(13)8-15-12(16)11-9(2)6-4-7-14-11/h4,6-7,10H,3,5,8,13H2,1-2H3,(H,15,16). The molecular formula is C12H19N3O. The van der Waals surface area contributed by atoms with Gasteiger partial charge in [0.15, 0.2) is 0 Å². The number of pyridine rings is 1. The van der Waals surface area contributed by atoms with Crippen molar-refractivity contribution >= 4 is 5.91 Å². The van der Waals surface area contributed by atoms with Gasteiger partial charge < -0.3 is 11.1 Å². The number of carbonyl (C=O) groups is 1. The highest BCUT2D eigenvalue weighted by Crippen LogP contribution is 2.02. The quantitative estimate of drug-likeness (QED) is 0.786. The third-order valence-corrected chi connectivity index (χ3v) is 2.41. The summed E-state index contributed by atoms with van der Waals surface area (Å²) >= 11 is 0. The molecule has 0 aromatic carbocycles. The van der Waals surface area contributed by atoms with Crippen molar-refractivity contribution in [2.45, 2.75) is 32.7 Å². The number of nitrogens with one attached hydrogen (secondary N) is 1. The molecule has 1 aromatic heterocycles. The third-order valence-electron chi connectivity index (χ3n) is 2.41. The first-order valence-corrected chi connectivity index (χ1v) is 5.60. The van der Waals surface area contributed by atoms with Gasteiger partial charge in [0.05, 0.1) is 0 Å². The van der Waals surface area contributed by atoms with Crippen molar-refractivity contribution in [3.63, 3.8) is 0 Å². The molecule has 0 radical (unpaired) electrons. The van der Waals surface area contributed by atoms with Crippen molar-refractivity contribution in [1.29, 1.82) is 0 Å². The molecule has 1 atom stereocenters. The monoisotopic (exact) mass is 221 g/mol. The largest absolute Gasteiger partial charge is 0.349 e. The summed E-state index contributed by atoms with van der Waals surface area (Å²) in [6.45, 7) is 4.45. The molecule has 0 aliphatic rings. The van der Waals surface area contributed by atoms with Gasteiger partial charge in [-0.25, -0.2) is 0 Å². The topological polar surface area (TPSA) is 68.0 Å². The lowest BCUT2D eigenvalue weighted by atomic mass is 10.1. The second-order valence-electron chi connectivity index (χ2n) is 3.93. The number of hydrogen-bond acceptors (Lipinski definition) is 3. The molecule has 1 unspecified atom stereocenters. The average molecular weight is 221 g/mol. The van der Waals surface area contributed by atoms with Gasteiger partial charge in [-0.15, -0.1) is 0 Å². The van der Waals surface area contributed by atoms with Crippen molar-refractivity contribution in [3.05, 3.63) is 29.6 Å². The van der Waals surface area contributed by atoms with Crippen LogP contribution < -0.4 is 11.1 Å². The van der Waals surface area contributed by atoms with Crippen LogP contribution in [0.1, 0.15) is 35.8 Å². The Labute approximate surface area is 96.3 Å². The van der Waals surface area contributed by atoms with Gasteiger partial charge in [0.2, 0.25) is 0 Å². The van der Waals surface area contributed by atoms with E-state index in [9.17, 15) is 4.79 Å². The van der Waals surface area contributed by atoms with Crippen molar-refractivity contribution < 1.29 is 4.79 Å². The Morgan fingerprint density at radius 1 is 1.62 bits per heavy atom. The minimum absolute atomic E-state index is 0.0259. The number of rotatable bonds is 5. The Bertz CT molecular complexity index is 352. The molecular weight excluding hydrogens is 202 g/mol. The van der Waals surface area contributed by atoms with Crippen LogP contribution in [0, 0.1) is 6.92 Å². The number of hydrogen-bond donors (Lipinski definition) is 2. The maximum atomic E-state index is 11.7. The zero-order valence-electron chi connectivity index (χ0n) is 9.86. The predicted molar refractivity (Wildman–Crippen MR) is 64.2 cm³/mol. The molecule has 0 fully saturated rings. The van der Waals surface area contributed by atoms with Crippen LogP contribution in [0.2, 0.25) is 0 Å². The second-order valence-corrected chi connectivity index (χ2v) is 3.93. The van der Waals surface area contributed by atoms with Crippen molar-refractivity contribution in [2.24, 2.45) is 5.73 Å². The second kappa shape index (κ2) is 6.23. The fourth-order valence-corrected chi connectivity index (χ4v) is 1.50. The van der Waals surface area contributed by atoms with E-state index in [-0.39, 0.29) is 11.9 Å². The molecule has 1 aromatic rings. The van der Waals surface area contributed by atoms with Gasteiger partial charge >= 0.3 is 0 Å². The van der Waals surface area contributed by atoms with Crippen LogP contribution in [0.15, 0.2) is 18.3 Å². The highest BCUT2D eigenvalue weighted by Gasteiger charge is 2.10. The highest BCUT2D eigenvalue weighted by molar-refractivity contribution is 5.93. The van der Waals surface area contributed by atoms with Crippen LogP contribution >= 0.6 is 0 Å². The fourth-order valence-electron chi connectivity index (χ4n) is 1.50. The van der Waals surface area contributed by atoms with E-state index in [1.165, 1.54) is 0 Å². The minimum Gasteiger partial charge on any atom is -0.349 e. The number of aromatic nitrogens is 1. The lowest BCUT2D eigenvalue weighted by Crippen LogP contribution is -2.37. The number of nitrogens with zero attached hydrogens (tertiary/aromatic N) is 1. The summed E-state index contributed by atoms with van der Waals surface area (Å²) in [5, 5.41) is 2.80.